The van der Waals surface area contributed by atoms with Crippen LogP contribution in [-0.2, 0) is 0 Å². The Bertz CT molecular complexity index is 1220. The van der Waals surface area contributed by atoms with Crippen molar-refractivity contribution in [2.24, 2.45) is 0 Å². The summed E-state index contributed by atoms with van der Waals surface area (Å²) in [6, 6.07) is 23.6. The smallest absolute Gasteiger partial charge is 0.196 e. The number of rotatable bonds is 9. The molecule has 5 heteroatoms. The van der Waals surface area contributed by atoms with E-state index in [1.54, 1.807) is 11.3 Å². The fraction of sp³-hybridized carbons (Fsp3) is 0.214. The van der Waals surface area contributed by atoms with Crippen LogP contribution in [0.4, 0.5) is 5.69 Å². The zero-order chi connectivity index (χ0) is 23.2. The molecule has 4 aromatic rings. The predicted molar refractivity (Wildman–Crippen MR) is 139 cm³/mol. The van der Waals surface area contributed by atoms with Gasteiger partial charge in [-0.2, -0.15) is 0 Å². The third kappa shape index (κ3) is 5.15. The number of anilines is 1. The summed E-state index contributed by atoms with van der Waals surface area (Å²) in [4.78, 5) is 20.7. The van der Waals surface area contributed by atoms with Gasteiger partial charge in [-0.25, -0.2) is 4.98 Å². The maximum absolute atomic E-state index is 13.6. The molecule has 0 atom stereocenters. The minimum absolute atomic E-state index is 0.0510. The van der Waals surface area contributed by atoms with Crippen molar-refractivity contribution in [3.63, 3.8) is 0 Å². The summed E-state index contributed by atoms with van der Waals surface area (Å²) in [5.74, 6) is 0.705. The molecule has 0 fully saturated rings. The molecule has 0 aliphatic carbocycles. The lowest BCUT2D eigenvalue weighted by Gasteiger charge is -2.20. The Morgan fingerprint density at radius 1 is 0.939 bits per heavy atom. The molecule has 0 aliphatic heterocycles. The number of nitrogens with zero attached hydrogens (tertiary/aromatic N) is 2. The quantitative estimate of drug-likeness (QED) is 0.202. The van der Waals surface area contributed by atoms with Crippen molar-refractivity contribution in [2.75, 3.05) is 24.6 Å². The van der Waals surface area contributed by atoms with Gasteiger partial charge in [-0.05, 0) is 80.9 Å². The normalized spacial score (nSPS) is 11.5. The van der Waals surface area contributed by atoms with E-state index in [1.807, 2.05) is 61.5 Å². The average Bonchev–Trinajstić information content (AvgIpc) is 3.28. The molecule has 0 unspecified atom stereocenters. The molecule has 3 aromatic carbocycles. The van der Waals surface area contributed by atoms with Gasteiger partial charge in [-0.1, -0.05) is 24.3 Å². The Kier molecular flexibility index (Phi) is 7.20. The summed E-state index contributed by atoms with van der Waals surface area (Å²) in [7, 11) is 0. The minimum atomic E-state index is -0.0510. The minimum Gasteiger partial charge on any atom is -0.494 e. The third-order valence-electron chi connectivity index (χ3n) is 5.53. The summed E-state index contributed by atoms with van der Waals surface area (Å²) >= 11 is 1.54. The highest BCUT2D eigenvalue weighted by atomic mass is 32.1. The standard InChI is InChI=1S/C28H28N2O2S/c1-4-30(5-2)22-15-11-20(12-16-22)19-24(28-29-25-9-7-8-10-26(25)33-28)27(31)21-13-17-23(18-14-21)32-6-3/h7-19H,4-6H2,1-3H3. The summed E-state index contributed by atoms with van der Waals surface area (Å²) in [6.45, 7) is 8.75. The Hall–Kier alpha value is -3.44. The van der Waals surface area contributed by atoms with Crippen molar-refractivity contribution >= 4 is 44.7 Å². The zero-order valence-electron chi connectivity index (χ0n) is 19.2. The number of hydrogen-bond acceptors (Lipinski definition) is 5. The molecule has 0 radical (unpaired) electrons. The third-order valence-corrected chi connectivity index (χ3v) is 6.60. The number of carbonyl (C=O) groups excluding carboxylic acids is 1. The molecule has 0 aliphatic rings. The molecule has 33 heavy (non-hydrogen) atoms. The first-order valence-electron chi connectivity index (χ1n) is 11.3. The number of thiazole rings is 1. The second kappa shape index (κ2) is 10.5. The average molecular weight is 457 g/mol. The first-order chi connectivity index (χ1) is 16.1. The number of fused-ring (bicyclic) bond motifs is 1. The second-order valence-corrected chi connectivity index (χ2v) is 8.63. The fourth-order valence-corrected chi connectivity index (χ4v) is 4.75. The van der Waals surface area contributed by atoms with Crippen LogP contribution < -0.4 is 9.64 Å². The molecule has 0 spiro atoms. The maximum atomic E-state index is 13.6. The highest BCUT2D eigenvalue weighted by Crippen LogP contribution is 2.31. The van der Waals surface area contributed by atoms with Gasteiger partial charge in [0.05, 0.1) is 22.4 Å². The molecule has 4 nitrogen and oxygen atoms in total. The van der Waals surface area contributed by atoms with E-state index in [4.69, 9.17) is 9.72 Å². The molecule has 4 rings (SSSR count). The van der Waals surface area contributed by atoms with E-state index in [1.165, 1.54) is 5.69 Å². The number of hydrogen-bond donors (Lipinski definition) is 0. The van der Waals surface area contributed by atoms with Crippen molar-refractivity contribution in [1.29, 1.82) is 0 Å². The Labute approximate surface area is 199 Å². The van der Waals surface area contributed by atoms with Crippen LogP contribution in [0, 0.1) is 0 Å². The molecular formula is C28H28N2O2S. The molecule has 168 valence electrons. The maximum Gasteiger partial charge on any atom is 0.196 e. The van der Waals surface area contributed by atoms with Gasteiger partial charge in [0.15, 0.2) is 5.78 Å². The van der Waals surface area contributed by atoms with E-state index in [9.17, 15) is 4.79 Å². The van der Waals surface area contributed by atoms with Gasteiger partial charge in [0.2, 0.25) is 0 Å². The molecule has 0 bridgehead atoms. The monoisotopic (exact) mass is 456 g/mol. The van der Waals surface area contributed by atoms with Crippen LogP contribution in [-0.4, -0.2) is 30.5 Å². The molecule has 1 heterocycles. The molecule has 0 saturated carbocycles. The van der Waals surface area contributed by atoms with Crippen LogP contribution in [0.1, 0.15) is 41.7 Å². The molecule has 1 aromatic heterocycles. The summed E-state index contributed by atoms with van der Waals surface area (Å²) in [5.41, 5.74) is 4.26. The second-order valence-electron chi connectivity index (χ2n) is 7.60. The lowest BCUT2D eigenvalue weighted by molar-refractivity contribution is 0.105. The first-order valence-corrected chi connectivity index (χ1v) is 12.1. The number of para-hydroxylation sites is 1. The topological polar surface area (TPSA) is 42.4 Å². The number of benzene rings is 3. The van der Waals surface area contributed by atoms with E-state index < -0.39 is 0 Å². The van der Waals surface area contributed by atoms with Crippen LogP contribution in [0.2, 0.25) is 0 Å². The van der Waals surface area contributed by atoms with Crippen molar-refractivity contribution in [3.05, 3.63) is 88.9 Å². The summed E-state index contributed by atoms with van der Waals surface area (Å²) < 4.78 is 6.59. The Morgan fingerprint density at radius 3 is 2.27 bits per heavy atom. The number of allylic oxidation sites excluding steroid dienone is 1. The van der Waals surface area contributed by atoms with E-state index >= 15 is 0 Å². The van der Waals surface area contributed by atoms with Gasteiger partial charge in [0.1, 0.15) is 10.8 Å². The van der Waals surface area contributed by atoms with Crippen LogP contribution in [0.3, 0.4) is 0 Å². The van der Waals surface area contributed by atoms with Crippen molar-refractivity contribution in [2.45, 2.75) is 20.8 Å². The van der Waals surface area contributed by atoms with Gasteiger partial charge in [-0.15, -0.1) is 11.3 Å². The summed E-state index contributed by atoms with van der Waals surface area (Å²) in [6.07, 6.45) is 1.95. The molecular weight excluding hydrogens is 428 g/mol. The largest absolute Gasteiger partial charge is 0.494 e. The Balaban J connectivity index is 1.74. The lowest BCUT2D eigenvalue weighted by Crippen LogP contribution is -2.21. The van der Waals surface area contributed by atoms with Crippen molar-refractivity contribution in [3.8, 4) is 5.75 Å². The number of aromatic nitrogens is 1. The first kappa shape index (κ1) is 22.7. The summed E-state index contributed by atoms with van der Waals surface area (Å²) in [5, 5.41) is 0.725. The van der Waals surface area contributed by atoms with Gasteiger partial charge in [0, 0.05) is 24.3 Å². The van der Waals surface area contributed by atoms with Crippen molar-refractivity contribution < 1.29 is 9.53 Å². The van der Waals surface area contributed by atoms with Crippen LogP contribution in [0.25, 0.3) is 21.9 Å². The van der Waals surface area contributed by atoms with Crippen LogP contribution in [0.15, 0.2) is 72.8 Å². The molecule has 0 N–H and O–H groups in total. The highest BCUT2D eigenvalue weighted by Gasteiger charge is 2.19. The van der Waals surface area contributed by atoms with Gasteiger partial charge in [-0.3, -0.25) is 4.79 Å². The van der Waals surface area contributed by atoms with Crippen LogP contribution >= 0.6 is 11.3 Å². The van der Waals surface area contributed by atoms with E-state index in [2.05, 4.69) is 43.0 Å². The van der Waals surface area contributed by atoms with E-state index in [0.717, 1.165) is 39.6 Å². The molecule has 0 saturated heterocycles. The lowest BCUT2D eigenvalue weighted by atomic mass is 10.0. The zero-order valence-corrected chi connectivity index (χ0v) is 20.1. The molecule has 0 amide bonds. The SMILES string of the molecule is CCOc1ccc(C(=O)C(=Cc2ccc(N(CC)CC)cc2)c2nc3ccccc3s2)cc1. The van der Waals surface area contributed by atoms with E-state index in [-0.39, 0.29) is 5.78 Å². The van der Waals surface area contributed by atoms with Gasteiger partial charge < -0.3 is 9.64 Å². The van der Waals surface area contributed by atoms with Crippen LogP contribution in [0.5, 0.6) is 5.75 Å². The van der Waals surface area contributed by atoms with Gasteiger partial charge in [0.25, 0.3) is 0 Å². The van der Waals surface area contributed by atoms with Crippen molar-refractivity contribution in [1.82, 2.24) is 4.98 Å². The number of Topliss-reactive ketones (excluding diaryl/α,β-unsaturated/α-hetero) is 1. The predicted octanol–water partition coefficient (Wildman–Crippen LogP) is 6.96. The number of ketones is 1. The van der Waals surface area contributed by atoms with E-state index in [0.29, 0.717) is 17.7 Å². The fourth-order valence-electron chi connectivity index (χ4n) is 3.77. The Morgan fingerprint density at radius 2 is 1.64 bits per heavy atom. The number of carbonyl (C=O) groups is 1. The highest BCUT2D eigenvalue weighted by molar-refractivity contribution is 7.20. The van der Waals surface area contributed by atoms with Gasteiger partial charge >= 0.3 is 0 Å². The number of ether oxygens (including phenoxy) is 1.